The maximum atomic E-state index is 6.16. The second-order valence-corrected chi connectivity index (χ2v) is 6.29. The van der Waals surface area contributed by atoms with Gasteiger partial charge in [-0.3, -0.25) is 0 Å². The molecule has 0 amide bonds. The first kappa shape index (κ1) is 12.3. The van der Waals surface area contributed by atoms with Gasteiger partial charge in [0.15, 0.2) is 0 Å². The Morgan fingerprint density at radius 1 is 1.44 bits per heavy atom. The zero-order valence-electron chi connectivity index (χ0n) is 10.7. The Bertz CT molecular complexity index is 230. The number of nitrogens with two attached hydrogens (primary N) is 1. The van der Waals surface area contributed by atoms with Crippen LogP contribution in [0.25, 0.3) is 0 Å². The lowest BCUT2D eigenvalue weighted by Crippen LogP contribution is -2.48. The predicted molar refractivity (Wildman–Crippen MR) is 66.4 cm³/mol. The molecule has 0 aliphatic carbocycles. The van der Waals surface area contributed by atoms with Gasteiger partial charge in [0.1, 0.15) is 0 Å². The molecule has 2 N–H and O–H groups in total. The van der Waals surface area contributed by atoms with Crippen molar-refractivity contribution in [2.45, 2.75) is 39.2 Å². The van der Waals surface area contributed by atoms with Crippen LogP contribution in [-0.4, -0.2) is 43.8 Å². The highest BCUT2D eigenvalue weighted by Crippen LogP contribution is 2.29. The standard InChI is InChI=1S/C13H26N2O/c1-13(2)5-3-6-15(10-13)8-11-9-16-7-4-12(11)14/h11-12H,3-10,14H2,1-2H3. The highest BCUT2D eigenvalue weighted by molar-refractivity contribution is 4.84. The molecule has 2 heterocycles. The number of ether oxygens (including phenoxy) is 1. The summed E-state index contributed by atoms with van der Waals surface area (Å²) in [4.78, 5) is 2.59. The lowest BCUT2D eigenvalue weighted by molar-refractivity contribution is 0.0125. The van der Waals surface area contributed by atoms with E-state index in [-0.39, 0.29) is 0 Å². The van der Waals surface area contributed by atoms with Gasteiger partial charge in [-0.2, -0.15) is 0 Å². The van der Waals surface area contributed by atoms with E-state index in [1.165, 1.54) is 25.9 Å². The first-order valence-electron chi connectivity index (χ1n) is 6.62. The summed E-state index contributed by atoms with van der Waals surface area (Å²) in [5, 5.41) is 0. The zero-order chi connectivity index (χ0) is 11.6. The van der Waals surface area contributed by atoms with Crippen LogP contribution in [0.15, 0.2) is 0 Å². The Hall–Kier alpha value is -0.120. The first-order chi connectivity index (χ1) is 7.57. The van der Waals surface area contributed by atoms with Gasteiger partial charge < -0.3 is 15.4 Å². The molecule has 3 heteroatoms. The predicted octanol–water partition coefficient (Wildman–Crippen LogP) is 1.47. The number of hydrogen-bond donors (Lipinski definition) is 1. The lowest BCUT2D eigenvalue weighted by Gasteiger charge is -2.41. The number of likely N-dealkylation sites (tertiary alicyclic amines) is 1. The molecule has 94 valence electrons. The number of nitrogens with zero attached hydrogens (tertiary/aromatic N) is 1. The van der Waals surface area contributed by atoms with Crippen molar-refractivity contribution >= 4 is 0 Å². The minimum atomic E-state index is 0.346. The molecule has 16 heavy (non-hydrogen) atoms. The van der Waals surface area contributed by atoms with E-state index < -0.39 is 0 Å². The van der Waals surface area contributed by atoms with Gasteiger partial charge in [-0.05, 0) is 31.2 Å². The molecule has 2 fully saturated rings. The van der Waals surface area contributed by atoms with Crippen molar-refractivity contribution in [3.63, 3.8) is 0 Å². The van der Waals surface area contributed by atoms with Crippen molar-refractivity contribution in [2.75, 3.05) is 32.8 Å². The SMILES string of the molecule is CC1(C)CCCN(CC2COCCC2N)C1. The van der Waals surface area contributed by atoms with E-state index in [1.54, 1.807) is 0 Å². The molecule has 2 aliphatic rings. The second-order valence-electron chi connectivity index (χ2n) is 6.29. The summed E-state index contributed by atoms with van der Waals surface area (Å²) in [6.07, 6.45) is 3.72. The maximum Gasteiger partial charge on any atom is 0.0521 e. The molecular formula is C13H26N2O. The molecule has 0 aromatic rings. The molecule has 0 aromatic carbocycles. The van der Waals surface area contributed by atoms with Gasteiger partial charge in [-0.25, -0.2) is 0 Å². The van der Waals surface area contributed by atoms with Crippen molar-refractivity contribution in [1.82, 2.24) is 4.90 Å². The fourth-order valence-electron chi connectivity index (χ4n) is 3.03. The summed E-state index contributed by atoms with van der Waals surface area (Å²) in [5.74, 6) is 0.544. The number of hydrogen-bond acceptors (Lipinski definition) is 3. The summed E-state index contributed by atoms with van der Waals surface area (Å²) in [5.41, 5.74) is 6.64. The summed E-state index contributed by atoms with van der Waals surface area (Å²) in [7, 11) is 0. The largest absolute Gasteiger partial charge is 0.381 e. The van der Waals surface area contributed by atoms with Crippen molar-refractivity contribution in [2.24, 2.45) is 17.1 Å². The number of rotatable bonds is 2. The van der Waals surface area contributed by atoms with Crippen LogP contribution < -0.4 is 5.73 Å². The Morgan fingerprint density at radius 2 is 2.25 bits per heavy atom. The first-order valence-corrected chi connectivity index (χ1v) is 6.62. The Balaban J connectivity index is 1.84. The summed E-state index contributed by atoms with van der Waals surface area (Å²) < 4.78 is 5.54. The van der Waals surface area contributed by atoms with E-state index in [0.717, 1.165) is 26.2 Å². The van der Waals surface area contributed by atoms with Crippen LogP contribution in [0.2, 0.25) is 0 Å². The van der Waals surface area contributed by atoms with Gasteiger partial charge in [0.25, 0.3) is 0 Å². The molecule has 0 bridgehead atoms. The normalized spacial score (nSPS) is 36.2. The van der Waals surface area contributed by atoms with Gasteiger partial charge in [0.2, 0.25) is 0 Å². The third-order valence-corrected chi connectivity index (χ3v) is 4.01. The average Bonchev–Trinajstić information content (AvgIpc) is 2.20. The summed E-state index contributed by atoms with van der Waals surface area (Å²) in [6, 6.07) is 0.346. The second kappa shape index (κ2) is 5.03. The Labute approximate surface area is 99.3 Å². The van der Waals surface area contributed by atoms with E-state index >= 15 is 0 Å². The topological polar surface area (TPSA) is 38.5 Å². The molecule has 2 rings (SSSR count). The Kier molecular flexibility index (Phi) is 3.88. The summed E-state index contributed by atoms with van der Waals surface area (Å²) in [6.45, 7) is 10.0. The molecule has 2 saturated heterocycles. The third kappa shape index (κ3) is 3.19. The fraction of sp³-hybridized carbons (Fsp3) is 1.00. The van der Waals surface area contributed by atoms with Gasteiger partial charge in [-0.1, -0.05) is 13.8 Å². The third-order valence-electron chi connectivity index (χ3n) is 4.01. The molecular weight excluding hydrogens is 200 g/mol. The van der Waals surface area contributed by atoms with E-state index in [4.69, 9.17) is 10.5 Å². The molecule has 2 atom stereocenters. The molecule has 2 aliphatic heterocycles. The van der Waals surface area contributed by atoms with Crippen LogP contribution in [-0.2, 0) is 4.74 Å². The average molecular weight is 226 g/mol. The van der Waals surface area contributed by atoms with Gasteiger partial charge >= 0.3 is 0 Å². The van der Waals surface area contributed by atoms with Crippen molar-refractivity contribution in [3.05, 3.63) is 0 Å². The quantitative estimate of drug-likeness (QED) is 0.775. The molecule has 3 nitrogen and oxygen atoms in total. The van der Waals surface area contributed by atoms with Crippen LogP contribution >= 0.6 is 0 Å². The van der Waals surface area contributed by atoms with E-state index in [1.807, 2.05) is 0 Å². The minimum Gasteiger partial charge on any atom is -0.381 e. The molecule has 0 spiro atoms. The van der Waals surface area contributed by atoms with Crippen LogP contribution in [0.4, 0.5) is 0 Å². The van der Waals surface area contributed by atoms with E-state index in [2.05, 4.69) is 18.7 Å². The van der Waals surface area contributed by atoms with Gasteiger partial charge in [0, 0.05) is 31.7 Å². The van der Waals surface area contributed by atoms with E-state index in [9.17, 15) is 0 Å². The molecule has 0 radical (unpaired) electrons. The maximum absolute atomic E-state index is 6.16. The zero-order valence-corrected chi connectivity index (χ0v) is 10.7. The van der Waals surface area contributed by atoms with Crippen LogP contribution in [0.5, 0.6) is 0 Å². The van der Waals surface area contributed by atoms with Crippen molar-refractivity contribution in [3.8, 4) is 0 Å². The van der Waals surface area contributed by atoms with Crippen LogP contribution in [0.1, 0.15) is 33.1 Å². The smallest absolute Gasteiger partial charge is 0.0521 e. The molecule has 0 aromatic heterocycles. The van der Waals surface area contributed by atoms with Crippen molar-refractivity contribution in [1.29, 1.82) is 0 Å². The summed E-state index contributed by atoms with van der Waals surface area (Å²) >= 11 is 0. The molecule has 0 saturated carbocycles. The number of piperidine rings is 1. The van der Waals surface area contributed by atoms with E-state index in [0.29, 0.717) is 17.4 Å². The Morgan fingerprint density at radius 3 is 2.94 bits per heavy atom. The van der Waals surface area contributed by atoms with Crippen LogP contribution in [0, 0.1) is 11.3 Å². The lowest BCUT2D eigenvalue weighted by atomic mass is 9.83. The van der Waals surface area contributed by atoms with Crippen molar-refractivity contribution < 1.29 is 4.74 Å². The monoisotopic (exact) mass is 226 g/mol. The molecule has 2 unspecified atom stereocenters. The fourth-order valence-corrected chi connectivity index (χ4v) is 3.03. The van der Waals surface area contributed by atoms with Crippen LogP contribution in [0.3, 0.4) is 0 Å². The highest BCUT2D eigenvalue weighted by atomic mass is 16.5. The minimum absolute atomic E-state index is 0.346. The van der Waals surface area contributed by atoms with Gasteiger partial charge in [0.05, 0.1) is 6.61 Å². The van der Waals surface area contributed by atoms with Gasteiger partial charge in [-0.15, -0.1) is 0 Å². The highest BCUT2D eigenvalue weighted by Gasteiger charge is 2.30.